The third-order valence-corrected chi connectivity index (χ3v) is 3.52. The molecule has 0 saturated heterocycles. The Labute approximate surface area is 129 Å². The smallest absolute Gasteiger partial charge is 0.220 e. The van der Waals surface area contributed by atoms with Gasteiger partial charge in [-0.3, -0.25) is 4.79 Å². The monoisotopic (exact) mass is 300 g/mol. The molecule has 0 aliphatic carbocycles. The Morgan fingerprint density at radius 3 is 2.24 bits per heavy atom. The summed E-state index contributed by atoms with van der Waals surface area (Å²) in [5.41, 5.74) is 0. The summed E-state index contributed by atoms with van der Waals surface area (Å²) in [5.74, 6) is -0.994. The normalized spacial score (nSPS) is 13.7. The molecule has 0 aromatic carbocycles. The third-order valence-electron chi connectivity index (χ3n) is 3.52. The maximum absolute atomic E-state index is 11.7. The maximum Gasteiger partial charge on any atom is 0.220 e. The molecule has 124 valence electrons. The number of aliphatic carboxylic acids is 1. The van der Waals surface area contributed by atoms with E-state index >= 15 is 0 Å². The van der Waals surface area contributed by atoms with E-state index in [2.05, 4.69) is 12.2 Å². The van der Waals surface area contributed by atoms with Crippen LogP contribution in [0.2, 0.25) is 0 Å². The van der Waals surface area contributed by atoms with Gasteiger partial charge < -0.3 is 20.1 Å². The van der Waals surface area contributed by atoms with Crippen LogP contribution in [0.4, 0.5) is 0 Å². The number of likely N-dealkylation sites (N-methyl/N-ethyl adjacent to an activating group) is 1. The summed E-state index contributed by atoms with van der Waals surface area (Å²) in [6.45, 7) is 4.67. The Morgan fingerprint density at radius 1 is 1.10 bits per heavy atom. The van der Waals surface area contributed by atoms with E-state index in [-0.39, 0.29) is 18.5 Å². The van der Waals surface area contributed by atoms with Crippen LogP contribution in [0.5, 0.6) is 0 Å². The number of carboxylic acid groups (broad SMARTS) is 1. The molecule has 2 unspecified atom stereocenters. The lowest BCUT2D eigenvalue weighted by molar-refractivity contribution is -0.874. The molecular formula is C16H32N2O3. The largest absolute Gasteiger partial charge is 0.544 e. The predicted octanol–water partition coefficient (Wildman–Crippen LogP) is -0.104. The van der Waals surface area contributed by atoms with Crippen LogP contribution in [0, 0.1) is 0 Å². The maximum atomic E-state index is 11.7. The highest BCUT2D eigenvalue weighted by atomic mass is 16.4. The van der Waals surface area contributed by atoms with Crippen molar-refractivity contribution < 1.29 is 19.6 Å². The first-order valence-corrected chi connectivity index (χ1v) is 8.26. The molecule has 5 heteroatoms. The van der Waals surface area contributed by atoms with Gasteiger partial charge in [0.25, 0.3) is 0 Å². The van der Waals surface area contributed by atoms with Gasteiger partial charge in [-0.2, -0.15) is 0 Å². The number of carbonyl (C=O) groups is 2. The van der Waals surface area contributed by atoms with E-state index in [1.54, 1.807) is 7.05 Å². The number of nitrogens with one attached hydrogen (secondary N) is 2. The number of carbonyl (C=O) groups excluding carboxylic acids is 2. The van der Waals surface area contributed by atoms with Crippen molar-refractivity contribution >= 4 is 11.9 Å². The van der Waals surface area contributed by atoms with E-state index in [0.29, 0.717) is 13.0 Å². The second kappa shape index (κ2) is 12.6. The zero-order valence-electron chi connectivity index (χ0n) is 13.9. The fourth-order valence-corrected chi connectivity index (χ4v) is 2.48. The minimum Gasteiger partial charge on any atom is -0.544 e. The van der Waals surface area contributed by atoms with Gasteiger partial charge in [-0.15, -0.1) is 0 Å². The molecule has 0 rings (SSSR count). The van der Waals surface area contributed by atoms with Crippen molar-refractivity contribution in [1.29, 1.82) is 0 Å². The third kappa shape index (κ3) is 13.6. The fraction of sp³-hybridized carbons (Fsp3) is 0.875. The Morgan fingerprint density at radius 2 is 1.67 bits per heavy atom. The number of hydrogen-bond acceptors (Lipinski definition) is 3. The number of rotatable bonds is 13. The van der Waals surface area contributed by atoms with Crippen molar-refractivity contribution in [2.75, 3.05) is 20.1 Å². The van der Waals surface area contributed by atoms with Gasteiger partial charge in [0.15, 0.2) is 0 Å². The highest BCUT2D eigenvalue weighted by molar-refractivity contribution is 5.76. The first kappa shape index (κ1) is 19.9. The van der Waals surface area contributed by atoms with Crippen molar-refractivity contribution in [1.82, 2.24) is 5.32 Å². The van der Waals surface area contributed by atoms with Crippen LogP contribution in [0.3, 0.4) is 0 Å². The lowest BCUT2D eigenvalue weighted by atomic mass is 10.1. The minimum absolute atomic E-state index is 0.0126. The number of unbranched alkanes of at least 4 members (excludes halogenated alkanes) is 6. The summed E-state index contributed by atoms with van der Waals surface area (Å²) in [6.07, 6.45) is 8.96. The summed E-state index contributed by atoms with van der Waals surface area (Å²) in [7, 11) is 1.79. The molecule has 2 N–H and O–H groups in total. The molecule has 0 bridgehead atoms. The second-order valence-electron chi connectivity index (χ2n) is 6.05. The highest BCUT2D eigenvalue weighted by Crippen LogP contribution is 2.08. The van der Waals surface area contributed by atoms with E-state index in [4.69, 9.17) is 0 Å². The van der Waals surface area contributed by atoms with E-state index in [1.165, 1.54) is 32.1 Å². The molecule has 2 atom stereocenters. The quantitative estimate of drug-likeness (QED) is 0.466. The van der Waals surface area contributed by atoms with Gasteiger partial charge in [-0.05, 0) is 13.3 Å². The molecule has 21 heavy (non-hydrogen) atoms. The van der Waals surface area contributed by atoms with Gasteiger partial charge in [-0.25, -0.2) is 0 Å². The van der Waals surface area contributed by atoms with Gasteiger partial charge in [0.1, 0.15) is 6.54 Å². The van der Waals surface area contributed by atoms with Crippen molar-refractivity contribution in [3.63, 3.8) is 0 Å². The number of carboxylic acids is 1. The molecule has 0 aliphatic heterocycles. The van der Waals surface area contributed by atoms with Crippen molar-refractivity contribution in [3.05, 3.63) is 0 Å². The van der Waals surface area contributed by atoms with Gasteiger partial charge in [0, 0.05) is 6.42 Å². The first-order chi connectivity index (χ1) is 9.95. The summed E-state index contributed by atoms with van der Waals surface area (Å²) < 4.78 is 0. The summed E-state index contributed by atoms with van der Waals surface area (Å²) in [5, 5.41) is 13.4. The Balaban J connectivity index is 3.57. The average molecular weight is 300 g/mol. The molecule has 0 saturated carbocycles. The van der Waals surface area contributed by atoms with E-state index in [0.717, 1.165) is 17.7 Å². The molecule has 0 fully saturated rings. The molecule has 0 heterocycles. The summed E-state index contributed by atoms with van der Waals surface area (Å²) in [6, 6.07) is -0.0126. The van der Waals surface area contributed by atoms with Gasteiger partial charge in [0.05, 0.1) is 25.6 Å². The summed E-state index contributed by atoms with van der Waals surface area (Å²) in [4.78, 5) is 23.0. The molecule has 0 aromatic heterocycles. The topological polar surface area (TPSA) is 73.7 Å². The predicted molar refractivity (Wildman–Crippen MR) is 81.8 cm³/mol. The molecule has 0 spiro atoms. The molecule has 0 aliphatic rings. The van der Waals surface area contributed by atoms with Crippen LogP contribution in [0.1, 0.15) is 65.2 Å². The van der Waals surface area contributed by atoms with Crippen LogP contribution in [0.25, 0.3) is 0 Å². The Kier molecular flexibility index (Phi) is 12.0. The van der Waals surface area contributed by atoms with E-state index in [9.17, 15) is 14.7 Å². The number of amides is 1. The zero-order chi connectivity index (χ0) is 16.1. The Hall–Kier alpha value is -1.10. The standard InChI is InChI=1S/C16H32N2O3/c1-4-5-6-7-8-9-10-11-15(19)17-14(2)12-18(3)13-16(20)21/h14H,4-13H2,1-3H3,(H,17,19)(H,20,21). The van der Waals surface area contributed by atoms with Crippen molar-refractivity contribution in [3.8, 4) is 0 Å². The number of hydrogen-bond donors (Lipinski definition) is 2. The van der Waals surface area contributed by atoms with Gasteiger partial charge in [-0.1, -0.05) is 45.4 Å². The molecule has 1 amide bonds. The fourth-order valence-electron chi connectivity index (χ4n) is 2.48. The first-order valence-electron chi connectivity index (χ1n) is 8.26. The Bertz CT molecular complexity index is 295. The molecule has 5 nitrogen and oxygen atoms in total. The lowest BCUT2D eigenvalue weighted by Crippen LogP contribution is -3.11. The van der Waals surface area contributed by atoms with Crippen molar-refractivity contribution in [2.24, 2.45) is 0 Å². The van der Waals surface area contributed by atoms with E-state index in [1.807, 2.05) is 6.92 Å². The van der Waals surface area contributed by atoms with Gasteiger partial charge >= 0.3 is 0 Å². The van der Waals surface area contributed by atoms with Crippen LogP contribution in [-0.2, 0) is 9.59 Å². The van der Waals surface area contributed by atoms with E-state index < -0.39 is 5.97 Å². The lowest BCUT2D eigenvalue weighted by Gasteiger charge is -2.20. The van der Waals surface area contributed by atoms with Crippen LogP contribution in [0.15, 0.2) is 0 Å². The van der Waals surface area contributed by atoms with Crippen molar-refractivity contribution in [2.45, 2.75) is 71.3 Å². The van der Waals surface area contributed by atoms with Crippen LogP contribution >= 0.6 is 0 Å². The second-order valence-corrected chi connectivity index (χ2v) is 6.05. The highest BCUT2D eigenvalue weighted by Gasteiger charge is 2.12. The SMILES string of the molecule is CCCCCCCCCC(=O)NC(C)C[NH+](C)CC(=O)[O-]. The summed E-state index contributed by atoms with van der Waals surface area (Å²) >= 11 is 0. The van der Waals surface area contributed by atoms with Gasteiger partial charge in [0.2, 0.25) is 5.91 Å². The molecular weight excluding hydrogens is 268 g/mol. The average Bonchev–Trinajstić information content (AvgIpc) is 2.36. The minimum atomic E-state index is -1.06. The molecule has 0 aromatic rings. The zero-order valence-corrected chi connectivity index (χ0v) is 13.9. The van der Waals surface area contributed by atoms with Crippen LogP contribution in [-0.4, -0.2) is 38.1 Å². The number of quaternary nitrogens is 1. The molecule has 0 radical (unpaired) electrons. The van der Waals surface area contributed by atoms with Crippen LogP contribution < -0.4 is 15.3 Å².